The zero-order chi connectivity index (χ0) is 17.2. The molecule has 0 radical (unpaired) electrons. The van der Waals surface area contributed by atoms with Gasteiger partial charge in [0, 0.05) is 27.5 Å². The highest BCUT2D eigenvalue weighted by molar-refractivity contribution is 9.10. The van der Waals surface area contributed by atoms with Crippen LogP contribution in [0.15, 0.2) is 58.5 Å². The van der Waals surface area contributed by atoms with E-state index in [1.807, 2.05) is 47.2 Å². The Labute approximate surface area is 158 Å². The first-order valence-electron chi connectivity index (χ1n) is 8.11. The Morgan fingerprint density at radius 3 is 3.08 bits per heavy atom. The Kier molecular flexibility index (Phi) is 4.63. The highest BCUT2D eigenvalue weighted by atomic mass is 79.9. The van der Waals surface area contributed by atoms with Gasteiger partial charge in [-0.25, -0.2) is 0 Å². The van der Waals surface area contributed by atoms with Gasteiger partial charge >= 0.3 is 0 Å². The quantitative estimate of drug-likeness (QED) is 0.674. The second-order valence-corrected chi connectivity index (χ2v) is 7.89. The van der Waals surface area contributed by atoms with Crippen LogP contribution in [0.2, 0.25) is 0 Å². The molecular formula is C19H17BrN2O2S. The van der Waals surface area contributed by atoms with Crippen molar-refractivity contribution in [3.05, 3.63) is 74.6 Å². The van der Waals surface area contributed by atoms with E-state index in [1.54, 1.807) is 11.3 Å². The number of hydrogen-bond acceptors (Lipinski definition) is 3. The van der Waals surface area contributed by atoms with Crippen LogP contribution in [0.1, 0.15) is 33.4 Å². The van der Waals surface area contributed by atoms with Gasteiger partial charge in [-0.3, -0.25) is 4.79 Å². The smallest absolute Gasteiger partial charge is 0.268 e. The number of nitrogens with zero attached hydrogens (tertiary/aromatic N) is 1. The highest BCUT2D eigenvalue weighted by Crippen LogP contribution is 2.34. The maximum Gasteiger partial charge on any atom is 0.268 e. The molecule has 3 aromatic rings. The molecule has 1 aliphatic heterocycles. The number of aromatic nitrogens is 1. The number of ether oxygens (including phenoxy) is 1. The average Bonchev–Trinajstić information content (AvgIpc) is 3.28. The predicted molar refractivity (Wildman–Crippen MR) is 102 cm³/mol. The first kappa shape index (κ1) is 16.4. The van der Waals surface area contributed by atoms with Gasteiger partial charge in [-0.05, 0) is 41.8 Å². The van der Waals surface area contributed by atoms with Crippen molar-refractivity contribution in [3.63, 3.8) is 0 Å². The van der Waals surface area contributed by atoms with Crippen molar-refractivity contribution in [2.45, 2.75) is 19.0 Å². The van der Waals surface area contributed by atoms with Crippen molar-refractivity contribution in [1.82, 2.24) is 9.88 Å². The Bertz CT molecular complexity index is 889. The lowest BCUT2D eigenvalue weighted by Gasteiger charge is -2.27. The first-order chi connectivity index (χ1) is 12.2. The summed E-state index contributed by atoms with van der Waals surface area (Å²) in [6.45, 7) is 1.32. The Hall–Kier alpha value is -2.05. The minimum Gasteiger partial charge on any atom is -0.493 e. The summed E-state index contributed by atoms with van der Waals surface area (Å²) in [5.74, 6) is 0.785. The molecule has 1 atom stereocenters. The standard InChI is InChI=1S/C19H17BrN2O2S/c20-13-5-6-18-15(11-13)16(7-9-24-18)21-19(23)17-4-1-8-22(17)12-14-3-2-10-25-14/h1-6,8,10-11,16H,7,9,12H2,(H,21,23). The number of benzene rings is 1. The van der Waals surface area contributed by atoms with Crippen molar-refractivity contribution < 1.29 is 9.53 Å². The molecule has 0 saturated heterocycles. The minimum absolute atomic E-state index is 0.0427. The number of halogens is 1. The van der Waals surface area contributed by atoms with Crippen molar-refractivity contribution in [1.29, 1.82) is 0 Å². The topological polar surface area (TPSA) is 43.3 Å². The third-order valence-electron chi connectivity index (χ3n) is 4.29. The van der Waals surface area contributed by atoms with Crippen LogP contribution >= 0.6 is 27.3 Å². The zero-order valence-electron chi connectivity index (χ0n) is 13.4. The zero-order valence-corrected chi connectivity index (χ0v) is 15.8. The molecule has 25 heavy (non-hydrogen) atoms. The number of carbonyl (C=O) groups is 1. The molecule has 0 bridgehead atoms. The van der Waals surface area contributed by atoms with Crippen LogP contribution in [-0.2, 0) is 6.54 Å². The molecule has 1 aromatic carbocycles. The van der Waals surface area contributed by atoms with Gasteiger partial charge in [-0.1, -0.05) is 22.0 Å². The molecule has 4 rings (SSSR count). The third-order valence-corrected chi connectivity index (χ3v) is 5.64. The van der Waals surface area contributed by atoms with E-state index in [0.29, 0.717) is 18.8 Å². The number of fused-ring (bicyclic) bond motifs is 1. The van der Waals surface area contributed by atoms with Gasteiger partial charge in [0.15, 0.2) is 0 Å². The fourth-order valence-corrected chi connectivity index (χ4v) is 4.16. The van der Waals surface area contributed by atoms with E-state index in [-0.39, 0.29) is 11.9 Å². The van der Waals surface area contributed by atoms with Gasteiger partial charge in [-0.15, -0.1) is 11.3 Å². The van der Waals surface area contributed by atoms with E-state index >= 15 is 0 Å². The predicted octanol–water partition coefficient (Wildman–Crippen LogP) is 4.61. The fourth-order valence-electron chi connectivity index (χ4n) is 3.08. The molecule has 0 fully saturated rings. The Morgan fingerprint density at radius 1 is 1.32 bits per heavy atom. The minimum atomic E-state index is -0.0561. The van der Waals surface area contributed by atoms with Crippen LogP contribution in [0, 0.1) is 0 Å². The molecule has 1 unspecified atom stereocenters. The summed E-state index contributed by atoms with van der Waals surface area (Å²) in [5, 5.41) is 5.22. The molecule has 0 aliphatic carbocycles. The first-order valence-corrected chi connectivity index (χ1v) is 9.78. The van der Waals surface area contributed by atoms with Crippen LogP contribution in [0.5, 0.6) is 5.75 Å². The van der Waals surface area contributed by atoms with Gasteiger partial charge in [0.25, 0.3) is 5.91 Å². The van der Waals surface area contributed by atoms with Gasteiger partial charge in [0.2, 0.25) is 0 Å². The van der Waals surface area contributed by atoms with Crippen LogP contribution in [0.3, 0.4) is 0 Å². The molecule has 2 aromatic heterocycles. The monoisotopic (exact) mass is 416 g/mol. The Balaban J connectivity index is 1.54. The van der Waals surface area contributed by atoms with Gasteiger partial charge in [0.05, 0.1) is 19.2 Å². The van der Waals surface area contributed by atoms with Crippen molar-refractivity contribution in [2.75, 3.05) is 6.61 Å². The summed E-state index contributed by atoms with van der Waals surface area (Å²) in [5.41, 5.74) is 1.70. The average molecular weight is 417 g/mol. The summed E-state index contributed by atoms with van der Waals surface area (Å²) in [4.78, 5) is 14.1. The van der Waals surface area contributed by atoms with Gasteiger partial charge in [-0.2, -0.15) is 0 Å². The third kappa shape index (κ3) is 3.50. The number of amides is 1. The normalized spacial score (nSPS) is 16.1. The largest absolute Gasteiger partial charge is 0.493 e. The summed E-state index contributed by atoms with van der Waals surface area (Å²) in [6, 6.07) is 13.8. The second kappa shape index (κ2) is 7.06. The number of rotatable bonds is 4. The lowest BCUT2D eigenvalue weighted by Crippen LogP contribution is -2.33. The molecule has 0 spiro atoms. The maximum atomic E-state index is 12.8. The van der Waals surface area contributed by atoms with E-state index in [1.165, 1.54) is 4.88 Å². The summed E-state index contributed by atoms with van der Waals surface area (Å²) in [6.07, 6.45) is 2.71. The Morgan fingerprint density at radius 2 is 2.24 bits per heavy atom. The van der Waals surface area contributed by atoms with Gasteiger partial charge in [0.1, 0.15) is 11.4 Å². The number of nitrogens with one attached hydrogen (secondary N) is 1. The summed E-state index contributed by atoms with van der Waals surface area (Å²) < 4.78 is 8.67. The fraction of sp³-hybridized carbons (Fsp3) is 0.211. The molecule has 6 heteroatoms. The second-order valence-electron chi connectivity index (χ2n) is 5.95. The highest BCUT2D eigenvalue weighted by Gasteiger charge is 2.24. The molecule has 1 amide bonds. The lowest BCUT2D eigenvalue weighted by atomic mass is 10.0. The number of carbonyl (C=O) groups excluding carboxylic acids is 1. The molecule has 3 heterocycles. The van der Waals surface area contributed by atoms with Crippen molar-refractivity contribution >= 4 is 33.2 Å². The number of thiophene rings is 1. The molecule has 4 nitrogen and oxygen atoms in total. The summed E-state index contributed by atoms with van der Waals surface area (Å²) in [7, 11) is 0. The molecule has 0 saturated carbocycles. The van der Waals surface area contributed by atoms with E-state index in [9.17, 15) is 4.79 Å². The van der Waals surface area contributed by atoms with Crippen LogP contribution < -0.4 is 10.1 Å². The van der Waals surface area contributed by atoms with E-state index < -0.39 is 0 Å². The van der Waals surface area contributed by atoms with E-state index in [4.69, 9.17) is 4.74 Å². The summed E-state index contributed by atoms with van der Waals surface area (Å²) >= 11 is 5.19. The maximum absolute atomic E-state index is 12.8. The van der Waals surface area contributed by atoms with Gasteiger partial charge < -0.3 is 14.6 Å². The van der Waals surface area contributed by atoms with Crippen LogP contribution in [-0.4, -0.2) is 17.1 Å². The SMILES string of the molecule is O=C(NC1CCOc2ccc(Br)cc21)c1cccn1Cc1cccs1. The van der Waals surface area contributed by atoms with Crippen molar-refractivity contribution in [3.8, 4) is 5.75 Å². The molecule has 1 aliphatic rings. The van der Waals surface area contributed by atoms with Crippen LogP contribution in [0.4, 0.5) is 0 Å². The van der Waals surface area contributed by atoms with Crippen LogP contribution in [0.25, 0.3) is 0 Å². The number of hydrogen-bond donors (Lipinski definition) is 1. The molecular weight excluding hydrogens is 400 g/mol. The lowest BCUT2D eigenvalue weighted by molar-refractivity contribution is 0.0916. The van der Waals surface area contributed by atoms with E-state index in [2.05, 4.69) is 32.7 Å². The molecule has 128 valence electrons. The molecule has 1 N–H and O–H groups in total. The van der Waals surface area contributed by atoms with E-state index in [0.717, 1.165) is 22.2 Å². The van der Waals surface area contributed by atoms with Crippen molar-refractivity contribution in [2.24, 2.45) is 0 Å².